The van der Waals surface area contributed by atoms with Crippen LogP contribution >= 0.6 is 0 Å². The van der Waals surface area contributed by atoms with Crippen LogP contribution < -0.4 is 20.9 Å². The van der Waals surface area contributed by atoms with Crippen molar-refractivity contribution in [1.82, 2.24) is 34.8 Å². The number of carbonyl (C=O) groups is 4. The van der Waals surface area contributed by atoms with E-state index >= 15 is 0 Å². The Morgan fingerprint density at radius 3 is 2.45 bits per heavy atom. The highest BCUT2D eigenvalue weighted by Crippen LogP contribution is 2.39. The van der Waals surface area contributed by atoms with Crippen molar-refractivity contribution in [3.63, 3.8) is 0 Å². The number of amides is 4. The molecule has 1 saturated heterocycles. The fourth-order valence-electron chi connectivity index (χ4n) is 8.23. The van der Waals surface area contributed by atoms with Crippen LogP contribution in [0.15, 0.2) is 84.0 Å². The molecule has 1 fully saturated rings. The van der Waals surface area contributed by atoms with Gasteiger partial charge in [0.15, 0.2) is 11.6 Å². The minimum atomic E-state index is -0.881. The summed E-state index contributed by atoms with van der Waals surface area (Å²) in [6, 6.07) is 14.7. The number of piperidine rings is 1. The Kier molecular flexibility index (Phi) is 14.9. The normalized spacial score (nSPS) is 14.8. The van der Waals surface area contributed by atoms with E-state index in [1.54, 1.807) is 59.4 Å². The van der Waals surface area contributed by atoms with Gasteiger partial charge in [-0.2, -0.15) is 0 Å². The molecular formula is C48H50F2N8O9. The van der Waals surface area contributed by atoms with E-state index < -0.39 is 23.6 Å². The van der Waals surface area contributed by atoms with Gasteiger partial charge in [-0.3, -0.25) is 29.3 Å². The predicted molar refractivity (Wildman–Crippen MR) is 240 cm³/mol. The van der Waals surface area contributed by atoms with E-state index in [0.717, 1.165) is 41.8 Å². The molecule has 8 rings (SSSR count). The summed E-state index contributed by atoms with van der Waals surface area (Å²) >= 11 is 0. The van der Waals surface area contributed by atoms with E-state index in [9.17, 15) is 32.8 Å². The Morgan fingerprint density at radius 1 is 0.851 bits per heavy atom. The van der Waals surface area contributed by atoms with Gasteiger partial charge in [-0.15, -0.1) is 5.10 Å². The zero-order chi connectivity index (χ0) is 46.9. The Hall–Kier alpha value is -7.09. The molecule has 3 aromatic carbocycles. The molecule has 0 aliphatic carbocycles. The number of rotatable bonds is 22. The van der Waals surface area contributed by atoms with Crippen LogP contribution in [-0.4, -0.2) is 98.8 Å². The molecule has 4 amide bonds. The molecule has 3 N–H and O–H groups in total. The Balaban J connectivity index is 0.707. The summed E-state index contributed by atoms with van der Waals surface area (Å²) in [4.78, 5) is 67.4. The van der Waals surface area contributed by atoms with Crippen molar-refractivity contribution in [2.45, 2.75) is 64.1 Å². The van der Waals surface area contributed by atoms with E-state index in [0.29, 0.717) is 105 Å². The van der Waals surface area contributed by atoms with E-state index in [-0.39, 0.29) is 47.6 Å². The molecule has 17 nitrogen and oxygen atoms in total. The molecular weight excluding hydrogens is 871 g/mol. The number of ether oxygens (including phenoxy) is 4. The maximum absolute atomic E-state index is 14.6. The molecule has 6 aromatic rings. The summed E-state index contributed by atoms with van der Waals surface area (Å²) in [6.07, 6.45) is 8.36. The first-order valence-electron chi connectivity index (χ1n) is 22.1. The van der Waals surface area contributed by atoms with Gasteiger partial charge >= 0.3 is 0 Å². The number of nitrogens with zero attached hydrogens (tertiary/aromatic N) is 5. The minimum Gasteiger partial charge on any atom is -0.454 e. The highest BCUT2D eigenvalue weighted by atomic mass is 19.1. The van der Waals surface area contributed by atoms with Gasteiger partial charge in [0, 0.05) is 85.5 Å². The number of carbonyl (C=O) groups excluding carboxylic acids is 4. The van der Waals surface area contributed by atoms with Crippen LogP contribution in [0.4, 0.5) is 14.5 Å². The number of pyridine rings is 1. The van der Waals surface area contributed by atoms with Crippen molar-refractivity contribution in [2.75, 3.05) is 45.0 Å². The number of hydrogen-bond acceptors (Lipinski definition) is 11. The average Bonchev–Trinajstić information content (AvgIpc) is 4.07. The molecule has 19 heteroatoms. The quantitative estimate of drug-likeness (QED) is 0.0566. The second-order valence-corrected chi connectivity index (χ2v) is 16.3. The van der Waals surface area contributed by atoms with Gasteiger partial charge in [-0.05, 0) is 85.7 Å². The van der Waals surface area contributed by atoms with Gasteiger partial charge in [-0.25, -0.2) is 13.5 Å². The third kappa shape index (κ3) is 11.3. The lowest BCUT2D eigenvalue weighted by Crippen LogP contribution is -2.52. The lowest BCUT2D eigenvalue weighted by Gasteiger charge is -2.29. The lowest BCUT2D eigenvalue weighted by molar-refractivity contribution is -0.137. The maximum Gasteiger partial charge on any atom is 0.274 e. The third-order valence-electron chi connectivity index (χ3n) is 11.6. The fraction of sp³-hybridized carbons (Fsp3) is 0.354. The molecule has 5 heterocycles. The molecule has 1 atom stereocenters. The largest absolute Gasteiger partial charge is 0.454 e. The summed E-state index contributed by atoms with van der Waals surface area (Å²) < 4.78 is 54.4. The van der Waals surface area contributed by atoms with Crippen molar-refractivity contribution >= 4 is 40.2 Å². The van der Waals surface area contributed by atoms with Crippen LogP contribution in [0, 0.1) is 11.6 Å². The van der Waals surface area contributed by atoms with E-state index in [4.69, 9.17) is 18.9 Å². The number of aromatic nitrogens is 5. The molecule has 3 aromatic heterocycles. The predicted octanol–water partition coefficient (Wildman–Crippen LogP) is 5.60. The standard InChI is InChI=1S/C48H50F2N8O9/c1-56-28-38(34-16-17-51-45(34)48(56)63)36-26-32(11-14-41(36)67-42-13-10-31(49)25-39(42)50)52-43(59)9-3-7-33-27-57(55-54-33)18-20-65-22-24-66-23-21-64-19-4-6-30-5-2-8-35-37(30)29-58(47(35)62)40-12-15-44(60)53-46(40)61/h2,5,8,10-11,13-14,16-17,25-28,40,51H,3-4,6-7,9,12,15,18-24,29H2,1H3,(H,52,59)(H,53,60,61). The number of benzene rings is 3. The zero-order valence-electron chi connectivity index (χ0n) is 36.9. The molecule has 0 saturated carbocycles. The van der Waals surface area contributed by atoms with Crippen molar-refractivity contribution in [3.8, 4) is 22.6 Å². The van der Waals surface area contributed by atoms with Crippen LogP contribution in [0.5, 0.6) is 11.5 Å². The van der Waals surface area contributed by atoms with Crippen LogP contribution in [0.25, 0.3) is 22.0 Å². The maximum atomic E-state index is 14.6. The summed E-state index contributed by atoms with van der Waals surface area (Å²) in [5, 5.41) is 14.2. The lowest BCUT2D eigenvalue weighted by atomic mass is 10.00. The van der Waals surface area contributed by atoms with Crippen molar-refractivity contribution in [3.05, 3.63) is 124 Å². The molecule has 0 radical (unpaired) electrons. The van der Waals surface area contributed by atoms with E-state index in [2.05, 4.69) is 25.9 Å². The molecule has 0 spiro atoms. The van der Waals surface area contributed by atoms with Gasteiger partial charge < -0.3 is 38.7 Å². The summed E-state index contributed by atoms with van der Waals surface area (Å²) in [7, 11) is 1.61. The number of fused-ring (bicyclic) bond motifs is 2. The van der Waals surface area contributed by atoms with E-state index in [1.807, 2.05) is 18.3 Å². The number of nitrogens with one attached hydrogen (secondary N) is 3. The highest BCUT2D eigenvalue weighted by Gasteiger charge is 2.39. The van der Waals surface area contributed by atoms with E-state index in [1.165, 1.54) is 10.6 Å². The second kappa shape index (κ2) is 21.5. The molecule has 1 unspecified atom stereocenters. The molecule has 2 aliphatic heterocycles. The second-order valence-electron chi connectivity index (χ2n) is 16.3. The number of aromatic amines is 1. The SMILES string of the molecule is Cn1cc(-c2cc(NC(=O)CCCc3cn(CCOCCOCCOCCCc4cccc5c4CN(C4CCC(=O)NC4=O)C5=O)nn3)ccc2Oc2ccc(F)cc2F)c2cc[nH]c2c1=O. The van der Waals surface area contributed by atoms with Crippen molar-refractivity contribution in [2.24, 2.45) is 7.05 Å². The summed E-state index contributed by atoms with van der Waals surface area (Å²) in [5.74, 6) is -2.73. The Morgan fingerprint density at radius 2 is 1.64 bits per heavy atom. The first-order valence-corrected chi connectivity index (χ1v) is 22.1. The van der Waals surface area contributed by atoms with Crippen molar-refractivity contribution in [1.29, 1.82) is 0 Å². The monoisotopic (exact) mass is 920 g/mol. The van der Waals surface area contributed by atoms with Gasteiger partial charge in [0.2, 0.25) is 17.7 Å². The highest BCUT2D eigenvalue weighted by molar-refractivity contribution is 6.05. The third-order valence-corrected chi connectivity index (χ3v) is 11.6. The van der Waals surface area contributed by atoms with Crippen LogP contribution in [0.1, 0.15) is 59.3 Å². The van der Waals surface area contributed by atoms with Crippen LogP contribution in [0.2, 0.25) is 0 Å². The van der Waals surface area contributed by atoms with Crippen molar-refractivity contribution < 1.29 is 46.9 Å². The summed E-state index contributed by atoms with van der Waals surface area (Å²) in [6.45, 7) is 3.43. The van der Waals surface area contributed by atoms with Crippen LogP contribution in [0.3, 0.4) is 0 Å². The topological polar surface area (TPSA) is 201 Å². The Labute approximate surface area is 383 Å². The number of anilines is 1. The smallest absolute Gasteiger partial charge is 0.274 e. The Bertz CT molecular complexity index is 2840. The zero-order valence-corrected chi connectivity index (χ0v) is 36.9. The number of hydrogen-bond donors (Lipinski definition) is 3. The minimum absolute atomic E-state index is 0.179. The summed E-state index contributed by atoms with van der Waals surface area (Å²) in [5.41, 5.74) is 4.97. The fourth-order valence-corrected chi connectivity index (χ4v) is 8.23. The number of H-pyrrole nitrogens is 1. The van der Waals surface area contributed by atoms with Crippen LogP contribution in [-0.2, 0) is 61.6 Å². The molecule has 67 heavy (non-hydrogen) atoms. The first kappa shape index (κ1) is 46.4. The first-order chi connectivity index (χ1) is 32.5. The molecule has 2 aliphatic rings. The van der Waals surface area contributed by atoms with Gasteiger partial charge in [0.1, 0.15) is 23.1 Å². The van der Waals surface area contributed by atoms with Gasteiger partial charge in [0.25, 0.3) is 11.5 Å². The van der Waals surface area contributed by atoms with Gasteiger partial charge in [-0.1, -0.05) is 17.3 Å². The molecule has 0 bridgehead atoms. The van der Waals surface area contributed by atoms with Gasteiger partial charge in [0.05, 0.1) is 45.3 Å². The average molecular weight is 921 g/mol. The molecule has 350 valence electrons. The number of imide groups is 1. The number of aryl methyl sites for hydroxylation is 3. The number of halogens is 2.